The van der Waals surface area contributed by atoms with E-state index in [1.165, 1.54) is 103 Å². The fourth-order valence-corrected chi connectivity index (χ4v) is 6.79. The summed E-state index contributed by atoms with van der Waals surface area (Å²) in [5, 5.41) is 31.5. The summed E-state index contributed by atoms with van der Waals surface area (Å²) in [6, 6.07) is 0. The van der Waals surface area contributed by atoms with Crippen molar-refractivity contribution in [2.45, 2.75) is 175 Å². The standard InChI is InChI=1S/C39H73NO6/c1-5-9-10-11-12-13-14-15-16-17-18-19-20-21-22-23-24-25-26-27-28-29-30-40(31-34(6-2)37(41)42,32-35(7-3)38(43)44)33-36(8-4)39(45)46/h25-26,34-36H,5-24,27-33H2,1-4H3,(H2-,41,42,43,44,45,46)/b26-25+. The molecule has 0 spiro atoms. The van der Waals surface area contributed by atoms with Crippen LogP contribution in [0.5, 0.6) is 0 Å². The minimum absolute atomic E-state index is 0.199. The van der Waals surface area contributed by atoms with Gasteiger partial charge in [-0.15, -0.1) is 0 Å². The van der Waals surface area contributed by atoms with Gasteiger partial charge in [-0.1, -0.05) is 136 Å². The van der Waals surface area contributed by atoms with Gasteiger partial charge in [0.25, 0.3) is 0 Å². The zero-order valence-corrected chi connectivity index (χ0v) is 30.5. The van der Waals surface area contributed by atoms with Crippen LogP contribution in [-0.4, -0.2) is 58.8 Å². The minimum atomic E-state index is -1.14. The van der Waals surface area contributed by atoms with Crippen LogP contribution in [0.1, 0.15) is 175 Å². The first-order valence-electron chi connectivity index (χ1n) is 19.3. The monoisotopic (exact) mass is 652 g/mol. The van der Waals surface area contributed by atoms with Gasteiger partial charge in [0.15, 0.2) is 0 Å². The zero-order chi connectivity index (χ0) is 34.5. The van der Waals surface area contributed by atoms with Crippen LogP contribution in [0.25, 0.3) is 0 Å². The molecule has 0 heterocycles. The van der Waals surface area contributed by atoms with E-state index in [9.17, 15) is 29.7 Å². The van der Waals surface area contributed by atoms with Gasteiger partial charge in [-0.2, -0.15) is 0 Å². The number of allylic oxidation sites excluding steroid dienone is 2. The van der Waals surface area contributed by atoms with Crippen LogP contribution < -0.4 is 5.11 Å². The number of carboxylic acids is 3. The molecule has 46 heavy (non-hydrogen) atoms. The molecule has 0 fully saturated rings. The van der Waals surface area contributed by atoms with Gasteiger partial charge in [0.05, 0.1) is 32.1 Å². The molecule has 0 amide bonds. The fourth-order valence-electron chi connectivity index (χ4n) is 6.79. The smallest absolute Gasteiger partial charge is 0.312 e. The van der Waals surface area contributed by atoms with Gasteiger partial charge < -0.3 is 24.6 Å². The summed E-state index contributed by atoms with van der Waals surface area (Å²) in [5.74, 6) is -5.00. The first-order chi connectivity index (χ1) is 22.2. The van der Waals surface area contributed by atoms with Crippen molar-refractivity contribution >= 4 is 17.9 Å². The van der Waals surface area contributed by atoms with E-state index >= 15 is 0 Å². The Hall–Kier alpha value is -1.89. The summed E-state index contributed by atoms with van der Waals surface area (Å²) in [7, 11) is 0. The maximum absolute atomic E-state index is 12.0. The van der Waals surface area contributed by atoms with Crippen molar-refractivity contribution in [3.05, 3.63) is 12.2 Å². The Morgan fingerprint density at radius 3 is 1.17 bits per heavy atom. The molecule has 2 N–H and O–H groups in total. The second-order valence-electron chi connectivity index (χ2n) is 14.0. The van der Waals surface area contributed by atoms with Crippen LogP contribution in [0.4, 0.5) is 0 Å². The van der Waals surface area contributed by atoms with Crippen molar-refractivity contribution in [1.82, 2.24) is 0 Å². The van der Waals surface area contributed by atoms with Crippen LogP contribution in [-0.2, 0) is 14.4 Å². The highest BCUT2D eigenvalue weighted by atomic mass is 16.4. The third-order valence-corrected chi connectivity index (χ3v) is 9.98. The Morgan fingerprint density at radius 1 is 0.522 bits per heavy atom. The molecule has 270 valence electrons. The van der Waals surface area contributed by atoms with Gasteiger partial charge in [-0.05, 0) is 51.4 Å². The molecule has 0 rings (SSSR count). The van der Waals surface area contributed by atoms with Crippen molar-refractivity contribution in [3.63, 3.8) is 0 Å². The molecule has 0 aliphatic heterocycles. The van der Waals surface area contributed by atoms with Crippen LogP contribution in [0.2, 0.25) is 0 Å². The van der Waals surface area contributed by atoms with E-state index in [1.807, 2.05) is 13.8 Å². The fraction of sp³-hybridized carbons (Fsp3) is 0.872. The van der Waals surface area contributed by atoms with E-state index in [-0.39, 0.29) is 24.1 Å². The lowest BCUT2D eigenvalue weighted by atomic mass is 9.95. The maximum atomic E-state index is 12.0. The lowest BCUT2D eigenvalue weighted by Gasteiger charge is -2.44. The Labute approximate surface area is 283 Å². The largest absolute Gasteiger partial charge is 0.550 e. The lowest BCUT2D eigenvalue weighted by Crippen LogP contribution is -2.59. The second kappa shape index (κ2) is 29.3. The Balaban J connectivity index is 4.49. The quantitative estimate of drug-likeness (QED) is 0.0407. The average Bonchev–Trinajstić information content (AvgIpc) is 3.03. The van der Waals surface area contributed by atoms with E-state index in [1.54, 1.807) is 6.92 Å². The Kier molecular flexibility index (Phi) is 28.1. The summed E-state index contributed by atoms with van der Waals surface area (Å²) in [4.78, 5) is 35.9. The number of carbonyl (C=O) groups is 3. The summed E-state index contributed by atoms with van der Waals surface area (Å²) in [6.07, 6.45) is 31.4. The third kappa shape index (κ3) is 22.6. The number of hydrogen-bond donors (Lipinski definition) is 2. The van der Waals surface area contributed by atoms with Crippen molar-refractivity contribution in [1.29, 1.82) is 0 Å². The van der Waals surface area contributed by atoms with E-state index in [0.29, 0.717) is 25.8 Å². The lowest BCUT2D eigenvalue weighted by molar-refractivity contribution is -0.935. The molecule has 0 bridgehead atoms. The summed E-state index contributed by atoms with van der Waals surface area (Å²) in [6.45, 7) is 8.98. The van der Waals surface area contributed by atoms with Crippen molar-refractivity contribution < 1.29 is 34.2 Å². The first-order valence-corrected chi connectivity index (χ1v) is 19.3. The molecule has 0 aromatic carbocycles. The molecule has 7 nitrogen and oxygen atoms in total. The van der Waals surface area contributed by atoms with Gasteiger partial charge in [0, 0.05) is 5.92 Å². The van der Waals surface area contributed by atoms with Crippen molar-refractivity contribution in [3.8, 4) is 0 Å². The third-order valence-electron chi connectivity index (χ3n) is 9.98. The molecule has 0 aromatic rings. The summed E-state index contributed by atoms with van der Waals surface area (Å²) < 4.78 is 0.199. The number of quaternary nitrogens is 1. The molecule has 0 aromatic heterocycles. The van der Waals surface area contributed by atoms with Crippen LogP contribution in [0.15, 0.2) is 12.2 Å². The molecule has 3 unspecified atom stereocenters. The number of carboxylic acid groups (broad SMARTS) is 3. The topological polar surface area (TPSA) is 115 Å². The number of carbonyl (C=O) groups excluding carboxylic acids is 1. The van der Waals surface area contributed by atoms with Gasteiger partial charge >= 0.3 is 11.9 Å². The van der Waals surface area contributed by atoms with E-state index in [0.717, 1.165) is 25.7 Å². The first kappa shape index (κ1) is 44.1. The average molecular weight is 652 g/mol. The molecule has 7 heteroatoms. The van der Waals surface area contributed by atoms with Gasteiger partial charge in [0.2, 0.25) is 0 Å². The van der Waals surface area contributed by atoms with Gasteiger partial charge in [-0.3, -0.25) is 9.59 Å². The predicted molar refractivity (Wildman–Crippen MR) is 189 cm³/mol. The highest BCUT2D eigenvalue weighted by molar-refractivity contribution is 5.70. The molecular formula is C39H73NO6. The number of rotatable bonds is 34. The molecular weight excluding hydrogens is 578 g/mol. The number of nitrogens with zero attached hydrogens (tertiary/aromatic N) is 1. The Morgan fingerprint density at radius 2 is 0.848 bits per heavy atom. The molecule has 3 atom stereocenters. The summed E-state index contributed by atoms with van der Waals surface area (Å²) in [5.41, 5.74) is 0. The number of aliphatic carboxylic acids is 3. The maximum Gasteiger partial charge on any atom is 0.312 e. The number of unbranched alkanes of at least 4 members (excludes halogenated alkanes) is 18. The zero-order valence-electron chi connectivity index (χ0n) is 30.5. The van der Waals surface area contributed by atoms with E-state index in [4.69, 9.17) is 0 Å². The molecule has 0 aliphatic rings. The van der Waals surface area contributed by atoms with Gasteiger partial charge in [-0.25, -0.2) is 0 Å². The highest BCUT2D eigenvalue weighted by Crippen LogP contribution is 2.25. The van der Waals surface area contributed by atoms with Crippen molar-refractivity contribution in [2.75, 3.05) is 26.2 Å². The SMILES string of the molecule is CCCCCCCCCCCCCCCCCC/C=C/CCCC[N+](CC(CC)C(=O)[O-])(CC(CC)C(=O)O)CC(CC)C(=O)O. The molecule has 0 saturated carbocycles. The predicted octanol–water partition coefficient (Wildman–Crippen LogP) is 9.18. The number of hydrogen-bond acceptors (Lipinski definition) is 4. The second-order valence-corrected chi connectivity index (χ2v) is 14.0. The molecule has 0 aliphatic carbocycles. The molecule has 0 saturated heterocycles. The van der Waals surface area contributed by atoms with Crippen LogP contribution in [0, 0.1) is 17.8 Å². The van der Waals surface area contributed by atoms with Crippen molar-refractivity contribution in [2.24, 2.45) is 17.8 Å². The highest BCUT2D eigenvalue weighted by Gasteiger charge is 2.39. The van der Waals surface area contributed by atoms with E-state index < -0.39 is 35.7 Å². The van der Waals surface area contributed by atoms with Crippen LogP contribution in [0.3, 0.4) is 0 Å². The molecule has 0 radical (unpaired) electrons. The minimum Gasteiger partial charge on any atom is -0.550 e. The van der Waals surface area contributed by atoms with Crippen LogP contribution >= 0.6 is 0 Å². The van der Waals surface area contributed by atoms with E-state index in [2.05, 4.69) is 19.1 Å². The summed E-state index contributed by atoms with van der Waals surface area (Å²) >= 11 is 0. The Bertz CT molecular complexity index is 738. The normalized spacial score (nSPS) is 15.0. The van der Waals surface area contributed by atoms with Gasteiger partial charge in [0.1, 0.15) is 11.8 Å².